The van der Waals surface area contributed by atoms with Gasteiger partial charge >= 0.3 is 0 Å². The van der Waals surface area contributed by atoms with Gasteiger partial charge in [-0.1, -0.05) is 18.2 Å². The predicted molar refractivity (Wildman–Crippen MR) is 85.7 cm³/mol. The van der Waals surface area contributed by atoms with Gasteiger partial charge in [0, 0.05) is 42.8 Å². The summed E-state index contributed by atoms with van der Waals surface area (Å²) in [6.07, 6.45) is 1.04. The molecule has 0 aromatic heterocycles. The quantitative estimate of drug-likeness (QED) is 0.906. The van der Waals surface area contributed by atoms with Gasteiger partial charge in [0.15, 0.2) is 0 Å². The fraction of sp³-hybridized carbons (Fsp3) is 0.647. The largest absolute Gasteiger partial charge is 0.329 e. The van der Waals surface area contributed by atoms with E-state index in [1.165, 1.54) is 6.07 Å². The smallest absolute Gasteiger partial charge is 0.127 e. The second kappa shape index (κ2) is 6.42. The summed E-state index contributed by atoms with van der Waals surface area (Å²) in [6, 6.07) is 7.57. The molecule has 2 N–H and O–H groups in total. The third-order valence-corrected chi connectivity index (χ3v) is 5.16. The predicted octanol–water partition coefficient (Wildman–Crippen LogP) is 2.63. The van der Waals surface area contributed by atoms with Crippen LogP contribution in [0.15, 0.2) is 24.3 Å². The Bertz CT molecular complexity index is 477. The zero-order valence-electron chi connectivity index (χ0n) is 13.6. The lowest BCUT2D eigenvalue weighted by Gasteiger charge is -2.42. The zero-order chi connectivity index (χ0) is 15.6. The van der Waals surface area contributed by atoms with Crippen molar-refractivity contribution in [3.8, 4) is 0 Å². The van der Waals surface area contributed by atoms with Crippen molar-refractivity contribution in [3.05, 3.63) is 35.6 Å². The molecule has 1 aromatic carbocycles. The molecule has 1 aliphatic rings. The van der Waals surface area contributed by atoms with Crippen LogP contribution in [0.5, 0.6) is 0 Å². The topological polar surface area (TPSA) is 32.5 Å². The number of likely N-dealkylation sites (tertiary alicyclic amines) is 1. The highest BCUT2D eigenvalue weighted by Gasteiger charge is 2.43. The molecule has 2 unspecified atom stereocenters. The van der Waals surface area contributed by atoms with Gasteiger partial charge in [-0.25, -0.2) is 4.39 Å². The number of nitrogens with zero attached hydrogens (tertiary/aromatic N) is 2. The van der Waals surface area contributed by atoms with E-state index in [4.69, 9.17) is 5.73 Å². The number of nitrogens with two attached hydrogens (primary N) is 1. The Morgan fingerprint density at radius 2 is 2.00 bits per heavy atom. The van der Waals surface area contributed by atoms with Crippen molar-refractivity contribution in [1.82, 2.24) is 9.80 Å². The van der Waals surface area contributed by atoms with E-state index in [0.29, 0.717) is 12.6 Å². The van der Waals surface area contributed by atoms with Crippen molar-refractivity contribution in [2.75, 3.05) is 26.7 Å². The second-order valence-corrected chi connectivity index (χ2v) is 6.55. The lowest BCUT2D eigenvalue weighted by molar-refractivity contribution is 0.0837. The first-order valence-corrected chi connectivity index (χ1v) is 7.83. The Labute approximate surface area is 127 Å². The van der Waals surface area contributed by atoms with Gasteiger partial charge in [0.25, 0.3) is 0 Å². The third-order valence-electron chi connectivity index (χ3n) is 5.16. The molecular weight excluding hydrogens is 265 g/mol. The molecule has 2 atom stereocenters. The van der Waals surface area contributed by atoms with E-state index in [1.807, 2.05) is 12.1 Å². The second-order valence-electron chi connectivity index (χ2n) is 6.55. The van der Waals surface area contributed by atoms with Crippen molar-refractivity contribution in [1.29, 1.82) is 0 Å². The summed E-state index contributed by atoms with van der Waals surface area (Å²) in [5.74, 6) is -0.136. The Kier molecular flexibility index (Phi) is 5.02. The Morgan fingerprint density at radius 3 is 2.52 bits per heavy atom. The maximum atomic E-state index is 14.1. The number of halogens is 1. The van der Waals surface area contributed by atoms with E-state index in [9.17, 15) is 4.39 Å². The van der Waals surface area contributed by atoms with Crippen LogP contribution in [0, 0.1) is 5.82 Å². The number of hydrogen-bond donors (Lipinski definition) is 1. The van der Waals surface area contributed by atoms with Crippen molar-refractivity contribution >= 4 is 0 Å². The lowest BCUT2D eigenvalue weighted by Crippen LogP contribution is -2.55. The van der Waals surface area contributed by atoms with Gasteiger partial charge in [0.1, 0.15) is 5.82 Å². The molecule has 118 valence electrons. The highest BCUT2D eigenvalue weighted by atomic mass is 19.1. The van der Waals surface area contributed by atoms with Gasteiger partial charge in [-0.15, -0.1) is 0 Å². The molecular formula is C17H28FN3. The first-order chi connectivity index (χ1) is 9.91. The van der Waals surface area contributed by atoms with Gasteiger partial charge in [-0.05, 0) is 40.3 Å². The van der Waals surface area contributed by atoms with Crippen LogP contribution in [0.4, 0.5) is 4.39 Å². The summed E-state index contributed by atoms with van der Waals surface area (Å²) < 4.78 is 14.1. The average Bonchev–Trinajstić information content (AvgIpc) is 2.92. The summed E-state index contributed by atoms with van der Waals surface area (Å²) in [5.41, 5.74) is 6.81. The molecule has 3 nitrogen and oxygen atoms in total. The lowest BCUT2D eigenvalue weighted by atomic mass is 9.93. The minimum atomic E-state index is -0.136. The van der Waals surface area contributed by atoms with E-state index in [0.717, 1.165) is 25.1 Å². The molecule has 1 saturated heterocycles. The van der Waals surface area contributed by atoms with Crippen LogP contribution in [-0.2, 0) is 0 Å². The summed E-state index contributed by atoms with van der Waals surface area (Å²) in [4.78, 5) is 4.73. The molecule has 1 fully saturated rings. The normalized spacial score (nSPS) is 25.0. The minimum absolute atomic E-state index is 0.0156. The third kappa shape index (κ3) is 3.12. The average molecular weight is 293 g/mol. The Balaban J connectivity index is 2.21. The molecule has 4 heteroatoms. The summed E-state index contributed by atoms with van der Waals surface area (Å²) in [6.45, 7) is 9.11. The van der Waals surface area contributed by atoms with Crippen LogP contribution in [0.25, 0.3) is 0 Å². The molecule has 1 heterocycles. The van der Waals surface area contributed by atoms with Crippen LogP contribution < -0.4 is 5.73 Å². The summed E-state index contributed by atoms with van der Waals surface area (Å²) in [7, 11) is 2.08. The van der Waals surface area contributed by atoms with Crippen molar-refractivity contribution in [2.24, 2.45) is 5.73 Å². The van der Waals surface area contributed by atoms with E-state index in [2.05, 4.69) is 37.6 Å². The molecule has 21 heavy (non-hydrogen) atoms. The van der Waals surface area contributed by atoms with Gasteiger partial charge in [-0.2, -0.15) is 0 Å². The fourth-order valence-corrected chi connectivity index (χ4v) is 3.36. The van der Waals surface area contributed by atoms with E-state index in [1.54, 1.807) is 6.07 Å². The molecule has 0 radical (unpaired) electrons. The highest BCUT2D eigenvalue weighted by molar-refractivity contribution is 5.21. The van der Waals surface area contributed by atoms with Crippen LogP contribution in [-0.4, -0.2) is 48.1 Å². The maximum absolute atomic E-state index is 14.1. The minimum Gasteiger partial charge on any atom is -0.329 e. The van der Waals surface area contributed by atoms with Crippen LogP contribution in [0.3, 0.4) is 0 Å². The van der Waals surface area contributed by atoms with Gasteiger partial charge in [-0.3, -0.25) is 9.80 Å². The molecule has 0 spiro atoms. The first kappa shape index (κ1) is 16.4. The van der Waals surface area contributed by atoms with Crippen LogP contribution >= 0.6 is 0 Å². The monoisotopic (exact) mass is 293 g/mol. The molecule has 0 aliphatic carbocycles. The van der Waals surface area contributed by atoms with Gasteiger partial charge in [0.2, 0.25) is 0 Å². The molecule has 0 bridgehead atoms. The van der Waals surface area contributed by atoms with Crippen molar-refractivity contribution < 1.29 is 4.39 Å². The molecule has 2 rings (SSSR count). The molecule has 0 amide bonds. The van der Waals surface area contributed by atoms with Crippen LogP contribution in [0.1, 0.15) is 38.8 Å². The van der Waals surface area contributed by atoms with E-state index < -0.39 is 0 Å². The number of rotatable bonds is 5. The van der Waals surface area contributed by atoms with E-state index >= 15 is 0 Å². The SMILES string of the molecule is CC(C)N1CCC(CN)(N(C)C(C)c2ccccc2F)C1. The summed E-state index contributed by atoms with van der Waals surface area (Å²) in [5, 5.41) is 0. The molecule has 1 aliphatic heterocycles. The number of hydrogen-bond acceptors (Lipinski definition) is 3. The van der Waals surface area contributed by atoms with E-state index in [-0.39, 0.29) is 17.4 Å². The standard InChI is InChI=1S/C17H28FN3/c1-13(2)21-10-9-17(11-19,12-21)20(4)14(3)15-7-5-6-8-16(15)18/h5-8,13-14H,9-12,19H2,1-4H3. The Morgan fingerprint density at radius 1 is 1.33 bits per heavy atom. The van der Waals surface area contributed by atoms with Crippen molar-refractivity contribution in [2.45, 2.75) is 44.8 Å². The first-order valence-electron chi connectivity index (χ1n) is 7.83. The molecule has 1 aromatic rings. The van der Waals surface area contributed by atoms with Crippen LogP contribution in [0.2, 0.25) is 0 Å². The molecule has 0 saturated carbocycles. The summed E-state index contributed by atoms with van der Waals surface area (Å²) >= 11 is 0. The van der Waals surface area contributed by atoms with Crippen molar-refractivity contribution in [3.63, 3.8) is 0 Å². The maximum Gasteiger partial charge on any atom is 0.127 e. The highest BCUT2D eigenvalue weighted by Crippen LogP contribution is 2.34. The number of benzene rings is 1. The number of likely N-dealkylation sites (N-methyl/N-ethyl adjacent to an activating group) is 1. The Hall–Kier alpha value is -0.970. The zero-order valence-corrected chi connectivity index (χ0v) is 13.6. The van der Waals surface area contributed by atoms with Gasteiger partial charge in [0.05, 0.1) is 0 Å². The van der Waals surface area contributed by atoms with Gasteiger partial charge < -0.3 is 5.73 Å². The fourth-order valence-electron chi connectivity index (χ4n) is 3.36.